The Balaban J connectivity index is 4.59. The highest BCUT2D eigenvalue weighted by molar-refractivity contribution is 4.82. The summed E-state index contributed by atoms with van der Waals surface area (Å²) in [4.78, 5) is 0. The van der Waals surface area contributed by atoms with Gasteiger partial charge in [0.1, 0.15) is 0 Å². The van der Waals surface area contributed by atoms with Gasteiger partial charge in [-0.1, -0.05) is 0 Å². The molecule has 0 aliphatic rings. The monoisotopic (exact) mass is 266 g/mol. The highest BCUT2D eigenvalue weighted by Gasteiger charge is 2.62. The molecule has 0 rings (SSSR count). The van der Waals surface area contributed by atoms with Gasteiger partial charge in [-0.3, -0.25) is 0 Å². The summed E-state index contributed by atoms with van der Waals surface area (Å²) in [5, 5.41) is 0. The molecule has 0 bridgehead atoms. The number of hydrogen-bond acceptors (Lipinski definition) is 0. The van der Waals surface area contributed by atoms with Crippen molar-refractivity contribution in [3.8, 4) is 0 Å². The van der Waals surface area contributed by atoms with Crippen LogP contribution in [0.3, 0.4) is 0 Å². The average molecular weight is 266 g/mol. The van der Waals surface area contributed by atoms with E-state index in [0.29, 0.717) is 0 Å². The Morgan fingerprint density at radius 2 is 0.625 bits per heavy atom. The first kappa shape index (κ1) is 15.3. The number of rotatable bonds is 3. The van der Waals surface area contributed by atoms with Gasteiger partial charge in [0, 0.05) is 12.8 Å². The molecule has 0 amide bonds. The smallest absolute Gasteiger partial charge is 0.196 e. The summed E-state index contributed by atoms with van der Waals surface area (Å²) in [7, 11) is 0. The molecule has 0 aromatic carbocycles. The molecule has 0 unspecified atom stereocenters. The molecule has 0 radical (unpaired) electrons. The number of hydrogen-bond donors (Lipinski definition) is 0. The van der Waals surface area contributed by atoms with Crippen LogP contribution in [-0.4, -0.2) is 24.2 Å². The quantitative estimate of drug-likeness (QED) is 0.673. The van der Waals surface area contributed by atoms with E-state index in [-0.39, 0.29) is 0 Å². The summed E-state index contributed by atoms with van der Waals surface area (Å²) >= 11 is 0. The first-order valence-electron chi connectivity index (χ1n) is 3.60. The molecular weight excluding hydrogens is 262 g/mol. The van der Waals surface area contributed by atoms with Crippen molar-refractivity contribution in [2.75, 3.05) is 0 Å². The Kier molecular flexibility index (Phi) is 3.78. The highest BCUT2D eigenvalue weighted by atomic mass is 19.4. The summed E-state index contributed by atoms with van der Waals surface area (Å²) in [5.41, 5.74) is 0. The molecule has 0 aliphatic heterocycles. The fraction of sp³-hybridized carbons (Fsp3) is 1.00. The zero-order chi connectivity index (χ0) is 13.4. The molecule has 0 aliphatic carbocycles. The number of alkyl halides is 10. The van der Waals surface area contributed by atoms with Crippen LogP contribution in [0, 0.1) is 0 Å². The second-order valence-corrected chi connectivity index (χ2v) is 2.90. The maximum absolute atomic E-state index is 12.0. The van der Waals surface area contributed by atoms with Crippen molar-refractivity contribution in [1.29, 1.82) is 0 Å². The molecule has 0 aromatic rings. The molecule has 0 atom stereocenters. The van der Waals surface area contributed by atoms with Crippen molar-refractivity contribution in [3.63, 3.8) is 0 Å². The van der Waals surface area contributed by atoms with Crippen LogP contribution in [0.2, 0.25) is 0 Å². The Morgan fingerprint density at radius 1 is 0.438 bits per heavy atom. The molecule has 0 spiro atoms. The fourth-order valence-corrected chi connectivity index (χ4v) is 0.597. The molecule has 0 nitrogen and oxygen atoms in total. The van der Waals surface area contributed by atoms with Gasteiger partial charge in [0.15, 0.2) is 0 Å². The molecule has 0 N–H and O–H groups in total. The fourth-order valence-electron chi connectivity index (χ4n) is 0.597. The number of halogens is 10. The molecule has 10 heteroatoms. The van der Waals surface area contributed by atoms with Crippen LogP contribution in [-0.2, 0) is 0 Å². The summed E-state index contributed by atoms with van der Waals surface area (Å²) < 4.78 is 117. The second-order valence-electron chi connectivity index (χ2n) is 2.90. The van der Waals surface area contributed by atoms with E-state index in [1.54, 1.807) is 0 Å². The lowest BCUT2D eigenvalue weighted by atomic mass is 10.1. The highest BCUT2D eigenvalue weighted by Crippen LogP contribution is 2.44. The third-order valence-corrected chi connectivity index (χ3v) is 1.58. The van der Waals surface area contributed by atoms with E-state index in [1.807, 2.05) is 0 Å². The van der Waals surface area contributed by atoms with Crippen molar-refractivity contribution in [1.82, 2.24) is 0 Å². The van der Waals surface area contributed by atoms with Crippen LogP contribution in [0.1, 0.15) is 12.8 Å². The summed E-state index contributed by atoms with van der Waals surface area (Å²) in [6, 6.07) is 0. The van der Waals surface area contributed by atoms with Crippen LogP contribution < -0.4 is 0 Å². The molecule has 0 fully saturated rings. The van der Waals surface area contributed by atoms with E-state index in [1.165, 1.54) is 0 Å². The van der Waals surface area contributed by atoms with Crippen molar-refractivity contribution in [2.24, 2.45) is 0 Å². The third kappa shape index (κ3) is 3.41. The Bertz CT molecular complexity index is 207. The Hall–Kier alpha value is -0.700. The van der Waals surface area contributed by atoms with Gasteiger partial charge < -0.3 is 0 Å². The predicted molar refractivity (Wildman–Crippen MR) is 31.2 cm³/mol. The predicted octanol–water partition coefficient (Wildman–Crippen LogP) is 4.16. The first-order chi connectivity index (χ1) is 6.71. The van der Waals surface area contributed by atoms with Gasteiger partial charge in [0.05, 0.1) is 0 Å². The largest absolute Gasteiger partial charge is 0.453 e. The maximum Gasteiger partial charge on any atom is 0.453 e. The van der Waals surface area contributed by atoms with E-state index >= 15 is 0 Å². The van der Waals surface area contributed by atoms with Gasteiger partial charge in [-0.2, -0.15) is 43.9 Å². The average Bonchev–Trinajstić information content (AvgIpc) is 1.97. The zero-order valence-corrected chi connectivity index (χ0v) is 7.19. The Morgan fingerprint density at radius 3 is 0.750 bits per heavy atom. The molecule has 0 saturated carbocycles. The lowest BCUT2D eigenvalue weighted by Gasteiger charge is -2.24. The van der Waals surface area contributed by atoms with Crippen molar-refractivity contribution in [2.45, 2.75) is 37.0 Å². The molecule has 98 valence electrons. The van der Waals surface area contributed by atoms with Gasteiger partial charge in [0.2, 0.25) is 0 Å². The summed E-state index contributed by atoms with van der Waals surface area (Å²) in [5.74, 6) is -11.1. The second kappa shape index (κ2) is 3.95. The molecule has 0 aromatic heterocycles. The molecule has 16 heavy (non-hydrogen) atoms. The van der Waals surface area contributed by atoms with Gasteiger partial charge in [-0.15, -0.1) is 0 Å². The van der Waals surface area contributed by atoms with E-state index in [4.69, 9.17) is 0 Å². The molecule has 0 saturated heterocycles. The summed E-state index contributed by atoms with van der Waals surface area (Å²) in [6.07, 6.45) is -17.5. The van der Waals surface area contributed by atoms with Crippen LogP contribution in [0.5, 0.6) is 0 Å². The Labute approximate surface area is 82.2 Å². The zero-order valence-electron chi connectivity index (χ0n) is 7.19. The van der Waals surface area contributed by atoms with Gasteiger partial charge in [-0.25, -0.2) is 0 Å². The summed E-state index contributed by atoms with van der Waals surface area (Å²) in [6.45, 7) is 0. The van der Waals surface area contributed by atoms with E-state index in [2.05, 4.69) is 0 Å². The topological polar surface area (TPSA) is 0 Å². The van der Waals surface area contributed by atoms with Crippen molar-refractivity contribution >= 4 is 0 Å². The normalized spacial score (nSPS) is 15.4. The van der Waals surface area contributed by atoms with Crippen LogP contribution in [0.4, 0.5) is 43.9 Å². The van der Waals surface area contributed by atoms with Gasteiger partial charge >= 0.3 is 24.2 Å². The van der Waals surface area contributed by atoms with Crippen molar-refractivity contribution in [3.05, 3.63) is 0 Å². The minimum atomic E-state index is -6.14. The minimum absolute atomic E-state index is 2.62. The molecular formula is C6H4F10. The SMILES string of the molecule is FC(F)(F)C(F)(F)CCC(F)(F)C(F)(F)F. The first-order valence-corrected chi connectivity index (χ1v) is 3.60. The lowest BCUT2D eigenvalue weighted by Crippen LogP contribution is -2.42. The van der Waals surface area contributed by atoms with Gasteiger partial charge in [-0.05, 0) is 0 Å². The van der Waals surface area contributed by atoms with E-state index in [0.717, 1.165) is 0 Å². The minimum Gasteiger partial charge on any atom is -0.196 e. The van der Waals surface area contributed by atoms with E-state index < -0.39 is 37.0 Å². The third-order valence-electron chi connectivity index (χ3n) is 1.58. The van der Waals surface area contributed by atoms with Crippen LogP contribution in [0.15, 0.2) is 0 Å². The van der Waals surface area contributed by atoms with Crippen molar-refractivity contribution < 1.29 is 43.9 Å². The lowest BCUT2D eigenvalue weighted by molar-refractivity contribution is -0.309. The standard InChI is InChI=1S/C6H4F10/c7-3(8,5(11,12)13)1-2-4(9,10)6(14,15)16/h1-2H2. The van der Waals surface area contributed by atoms with Crippen LogP contribution in [0.25, 0.3) is 0 Å². The van der Waals surface area contributed by atoms with Gasteiger partial charge in [0.25, 0.3) is 0 Å². The van der Waals surface area contributed by atoms with E-state index in [9.17, 15) is 43.9 Å². The molecule has 0 heterocycles. The van der Waals surface area contributed by atoms with Crippen LogP contribution >= 0.6 is 0 Å². The maximum atomic E-state index is 12.0.